The summed E-state index contributed by atoms with van der Waals surface area (Å²) in [6, 6.07) is 20.8. The molecule has 1 heterocycles. The second-order valence-corrected chi connectivity index (χ2v) is 8.02. The highest BCUT2D eigenvalue weighted by molar-refractivity contribution is 8.00. The zero-order chi connectivity index (χ0) is 21.8. The van der Waals surface area contributed by atoms with Crippen LogP contribution in [-0.2, 0) is 4.79 Å². The Morgan fingerprint density at radius 1 is 1.03 bits per heavy atom. The van der Waals surface area contributed by atoms with Crippen LogP contribution in [0.15, 0.2) is 84.1 Å². The van der Waals surface area contributed by atoms with Gasteiger partial charge in [0.15, 0.2) is 0 Å². The molecule has 0 radical (unpaired) electrons. The van der Waals surface area contributed by atoms with Crippen molar-refractivity contribution >= 4 is 51.5 Å². The summed E-state index contributed by atoms with van der Waals surface area (Å²) in [4.78, 5) is 32.3. The van der Waals surface area contributed by atoms with Crippen molar-refractivity contribution in [1.82, 2.24) is 9.97 Å². The van der Waals surface area contributed by atoms with E-state index in [0.717, 1.165) is 16.5 Å². The summed E-state index contributed by atoms with van der Waals surface area (Å²) in [5, 5.41) is 14.7. The maximum Gasteiger partial charge on any atom is 0.271 e. The van der Waals surface area contributed by atoms with Crippen LogP contribution in [0.5, 0.6) is 0 Å². The average Bonchev–Trinajstić information content (AvgIpc) is 2.79. The van der Waals surface area contributed by atoms with E-state index >= 15 is 0 Å². The maximum absolute atomic E-state index is 13.3. The van der Waals surface area contributed by atoms with E-state index in [1.165, 1.54) is 36.3 Å². The number of hydrogen-bond donors (Lipinski definition) is 1. The molecule has 4 aromatic rings. The van der Waals surface area contributed by atoms with E-state index in [2.05, 4.69) is 15.3 Å². The van der Waals surface area contributed by atoms with Crippen LogP contribution in [0.4, 0.5) is 11.4 Å². The number of aromatic nitrogens is 2. The van der Waals surface area contributed by atoms with Crippen LogP contribution < -0.4 is 5.32 Å². The fourth-order valence-electron chi connectivity index (χ4n) is 3.00. The van der Waals surface area contributed by atoms with Crippen molar-refractivity contribution in [2.45, 2.75) is 10.3 Å². The molecular weight excluding hydrogens is 436 g/mol. The summed E-state index contributed by atoms with van der Waals surface area (Å²) in [6.45, 7) is 0. The number of fused-ring (bicyclic) bond motifs is 1. The fraction of sp³-hybridized carbons (Fsp3) is 0.0455. The molecule has 0 saturated carbocycles. The largest absolute Gasteiger partial charge is 0.323 e. The number of carbonyl (C=O) groups excluding carboxylic acids is 1. The first-order chi connectivity index (χ1) is 15.0. The number of thioether (sulfide) groups is 1. The van der Waals surface area contributed by atoms with Crippen LogP contribution in [-0.4, -0.2) is 20.8 Å². The number of nitrogens with one attached hydrogen (secondary N) is 1. The van der Waals surface area contributed by atoms with Crippen molar-refractivity contribution in [2.75, 3.05) is 5.32 Å². The molecule has 7 nitrogen and oxygen atoms in total. The Morgan fingerprint density at radius 2 is 1.77 bits per heavy atom. The molecule has 3 aromatic carbocycles. The molecule has 0 spiro atoms. The predicted molar refractivity (Wildman–Crippen MR) is 121 cm³/mol. The molecule has 0 aliphatic heterocycles. The lowest BCUT2D eigenvalue weighted by Gasteiger charge is -2.18. The summed E-state index contributed by atoms with van der Waals surface area (Å²) in [6.07, 6.45) is 1.47. The second-order valence-electron chi connectivity index (χ2n) is 6.52. The molecular formula is C22H15ClN4O3S. The Hall–Kier alpha value is -3.49. The van der Waals surface area contributed by atoms with E-state index < -0.39 is 10.2 Å². The second kappa shape index (κ2) is 9.11. The fourth-order valence-corrected chi connectivity index (χ4v) is 4.32. The molecule has 4 rings (SSSR count). The minimum Gasteiger partial charge on any atom is -0.323 e. The number of nitrogens with zero attached hydrogens (tertiary/aromatic N) is 3. The first-order valence-electron chi connectivity index (χ1n) is 9.19. The van der Waals surface area contributed by atoms with Crippen LogP contribution in [0.2, 0.25) is 5.02 Å². The molecule has 0 bridgehead atoms. The van der Waals surface area contributed by atoms with Crippen LogP contribution in [0.3, 0.4) is 0 Å². The van der Waals surface area contributed by atoms with Crippen molar-refractivity contribution in [3.05, 3.63) is 99.8 Å². The molecule has 0 saturated heterocycles. The lowest BCUT2D eigenvalue weighted by atomic mass is 10.1. The van der Waals surface area contributed by atoms with Gasteiger partial charge in [0, 0.05) is 17.5 Å². The minimum atomic E-state index is -0.634. The number of nitro groups is 1. The zero-order valence-corrected chi connectivity index (χ0v) is 17.5. The molecule has 0 aliphatic rings. The van der Waals surface area contributed by atoms with Crippen LogP contribution in [0.1, 0.15) is 10.8 Å². The van der Waals surface area contributed by atoms with E-state index in [4.69, 9.17) is 11.6 Å². The highest BCUT2D eigenvalue weighted by Crippen LogP contribution is 2.38. The Bertz CT molecular complexity index is 1260. The van der Waals surface area contributed by atoms with Gasteiger partial charge in [0.25, 0.3) is 5.69 Å². The molecule has 0 unspecified atom stereocenters. The maximum atomic E-state index is 13.3. The third-order valence-corrected chi connectivity index (χ3v) is 6.08. The van der Waals surface area contributed by atoms with Gasteiger partial charge in [0.1, 0.15) is 16.6 Å². The Labute approximate surface area is 186 Å². The van der Waals surface area contributed by atoms with E-state index in [1.54, 1.807) is 0 Å². The summed E-state index contributed by atoms with van der Waals surface area (Å²) < 4.78 is 0. The van der Waals surface area contributed by atoms with Gasteiger partial charge in [-0.25, -0.2) is 9.97 Å². The molecule has 1 N–H and O–H groups in total. The van der Waals surface area contributed by atoms with Crippen molar-refractivity contribution in [1.29, 1.82) is 0 Å². The molecule has 9 heteroatoms. The number of rotatable bonds is 6. The number of para-hydroxylation sites is 1. The van der Waals surface area contributed by atoms with Gasteiger partial charge in [-0.2, -0.15) is 0 Å². The van der Waals surface area contributed by atoms with Gasteiger partial charge in [-0.1, -0.05) is 71.9 Å². The standard InChI is InChI=1S/C22H15ClN4O3S/c23-17-12-15(27(29)30)10-11-19(17)26-21(28)20(14-6-2-1-3-7-14)31-22-16-8-4-5-9-18(16)24-13-25-22/h1-13,20H,(H,26,28)/t20-/m0/s1. The summed E-state index contributed by atoms with van der Waals surface area (Å²) in [5.41, 5.74) is 1.71. The van der Waals surface area contributed by atoms with Crippen molar-refractivity contribution in [3.8, 4) is 0 Å². The zero-order valence-electron chi connectivity index (χ0n) is 15.9. The van der Waals surface area contributed by atoms with Gasteiger partial charge in [-0.15, -0.1) is 0 Å². The van der Waals surface area contributed by atoms with E-state index in [1.807, 2.05) is 54.6 Å². The lowest BCUT2D eigenvalue weighted by molar-refractivity contribution is -0.384. The number of carbonyl (C=O) groups is 1. The molecule has 31 heavy (non-hydrogen) atoms. The predicted octanol–water partition coefficient (Wildman–Crippen LogP) is 5.66. The number of amides is 1. The van der Waals surface area contributed by atoms with Crippen molar-refractivity contribution in [3.63, 3.8) is 0 Å². The number of anilines is 1. The van der Waals surface area contributed by atoms with Gasteiger partial charge in [-0.05, 0) is 17.7 Å². The SMILES string of the molecule is O=C(Nc1ccc([N+](=O)[O-])cc1Cl)[C@@H](Sc1ncnc2ccccc12)c1ccccc1. The summed E-state index contributed by atoms with van der Waals surface area (Å²) in [5.74, 6) is -0.324. The van der Waals surface area contributed by atoms with Gasteiger partial charge >= 0.3 is 0 Å². The highest BCUT2D eigenvalue weighted by Gasteiger charge is 2.25. The lowest BCUT2D eigenvalue weighted by Crippen LogP contribution is -2.19. The smallest absolute Gasteiger partial charge is 0.271 e. The Balaban J connectivity index is 1.67. The average molecular weight is 451 g/mol. The monoisotopic (exact) mass is 450 g/mol. The molecule has 1 amide bonds. The molecule has 154 valence electrons. The molecule has 0 fully saturated rings. The third-order valence-electron chi connectivity index (χ3n) is 4.50. The normalized spacial score (nSPS) is 11.8. The molecule has 1 aromatic heterocycles. The number of benzene rings is 3. The van der Waals surface area contributed by atoms with Crippen LogP contribution in [0, 0.1) is 10.1 Å². The van der Waals surface area contributed by atoms with E-state index in [-0.39, 0.29) is 16.6 Å². The molecule has 1 atom stereocenters. The van der Waals surface area contributed by atoms with E-state index in [0.29, 0.717) is 10.7 Å². The number of hydrogen-bond acceptors (Lipinski definition) is 6. The Kier molecular flexibility index (Phi) is 6.11. The summed E-state index contributed by atoms with van der Waals surface area (Å²) in [7, 11) is 0. The van der Waals surface area contributed by atoms with Gasteiger partial charge < -0.3 is 5.32 Å². The first kappa shape index (κ1) is 20.8. The quantitative estimate of drug-likeness (QED) is 0.176. The van der Waals surface area contributed by atoms with E-state index in [9.17, 15) is 14.9 Å². The minimum absolute atomic E-state index is 0.0897. The van der Waals surface area contributed by atoms with Crippen molar-refractivity contribution < 1.29 is 9.72 Å². The molecule has 0 aliphatic carbocycles. The Morgan fingerprint density at radius 3 is 2.52 bits per heavy atom. The van der Waals surface area contributed by atoms with Crippen LogP contribution in [0.25, 0.3) is 10.9 Å². The summed E-state index contributed by atoms with van der Waals surface area (Å²) >= 11 is 7.46. The first-order valence-corrected chi connectivity index (χ1v) is 10.4. The number of non-ortho nitro benzene ring substituents is 1. The number of halogens is 1. The van der Waals surface area contributed by atoms with Gasteiger partial charge in [0.05, 0.1) is 21.2 Å². The topological polar surface area (TPSA) is 98.0 Å². The van der Waals surface area contributed by atoms with Gasteiger partial charge in [-0.3, -0.25) is 14.9 Å². The number of nitro benzene ring substituents is 1. The van der Waals surface area contributed by atoms with Gasteiger partial charge in [0.2, 0.25) is 5.91 Å². The van der Waals surface area contributed by atoms with Crippen molar-refractivity contribution in [2.24, 2.45) is 0 Å². The highest BCUT2D eigenvalue weighted by atomic mass is 35.5. The third kappa shape index (κ3) is 4.65. The van der Waals surface area contributed by atoms with Crippen LogP contribution >= 0.6 is 23.4 Å².